The summed E-state index contributed by atoms with van der Waals surface area (Å²) in [7, 11) is 0. The van der Waals surface area contributed by atoms with Gasteiger partial charge in [-0.25, -0.2) is 4.90 Å². The number of H-pyrrole nitrogens is 1. The molecule has 2 aliphatic rings. The van der Waals surface area contributed by atoms with Crippen molar-refractivity contribution in [1.29, 1.82) is 0 Å². The molecular formula is C30H18BrF6N3O5S2. The molecule has 2 N–H and O–H groups in total. The molecule has 244 valence electrons. The third-order valence-electron chi connectivity index (χ3n) is 7.39. The molecule has 2 aliphatic heterocycles. The summed E-state index contributed by atoms with van der Waals surface area (Å²) in [6, 6.07) is 12.4. The molecule has 1 aromatic heterocycles. The second kappa shape index (κ2) is 12.2. The van der Waals surface area contributed by atoms with Crippen LogP contribution in [0.2, 0.25) is 0 Å². The summed E-state index contributed by atoms with van der Waals surface area (Å²) in [5.74, 6) is -4.50. The molecule has 0 bridgehead atoms. The predicted octanol–water partition coefficient (Wildman–Crippen LogP) is 7.05. The molecule has 3 heterocycles. The minimum atomic E-state index is -4.73. The lowest BCUT2D eigenvalue weighted by molar-refractivity contribution is -0.138. The number of thiazole rings is 1. The first-order valence-corrected chi connectivity index (χ1v) is 15.9. The van der Waals surface area contributed by atoms with Crippen LogP contribution in [-0.2, 0) is 26.7 Å². The van der Waals surface area contributed by atoms with Crippen LogP contribution in [0.4, 0.5) is 37.7 Å². The first-order valence-electron chi connectivity index (χ1n) is 13.5. The van der Waals surface area contributed by atoms with E-state index in [1.165, 1.54) is 18.2 Å². The van der Waals surface area contributed by atoms with Gasteiger partial charge in [0.2, 0.25) is 11.8 Å². The van der Waals surface area contributed by atoms with E-state index in [0.29, 0.717) is 25.3 Å². The smallest absolute Gasteiger partial charge is 0.416 e. The molecule has 0 radical (unpaired) electrons. The Morgan fingerprint density at radius 1 is 0.915 bits per heavy atom. The van der Waals surface area contributed by atoms with Crippen molar-refractivity contribution in [3.63, 3.8) is 0 Å². The Hall–Kier alpha value is -4.09. The maximum absolute atomic E-state index is 14.0. The van der Waals surface area contributed by atoms with Gasteiger partial charge in [0.25, 0.3) is 5.91 Å². The summed E-state index contributed by atoms with van der Waals surface area (Å²) in [6.07, 6.45) is -9.36. The molecule has 0 unspecified atom stereocenters. The number of nitrogens with one attached hydrogen (secondary N) is 2. The number of fused-ring (bicyclic) bond motifs is 2. The minimum absolute atomic E-state index is 0.0626. The van der Waals surface area contributed by atoms with Crippen LogP contribution < -0.4 is 19.8 Å². The fourth-order valence-corrected chi connectivity index (χ4v) is 8.32. The normalized spacial score (nSPS) is 19.4. The standard InChI is InChI=1S/C30H18BrF6N3O5S2/c31-15-7-8-19(45-12-20(41)38-16-5-1-3-13(9-16)29(32,33)34)18(11-15)21-22-24(46-25-23(21)47-28(44)39-25)27(43)40(26(22)42)17-6-2-4-14(10-17)30(35,36)37/h1-11,21-22,24H,12H2,(H,38,41)(H,39,44)/t21-,22-,24+/m0/s1. The zero-order valence-electron chi connectivity index (χ0n) is 23.2. The van der Waals surface area contributed by atoms with Gasteiger partial charge in [-0.05, 0) is 54.6 Å². The van der Waals surface area contributed by atoms with E-state index in [9.17, 15) is 45.5 Å². The van der Waals surface area contributed by atoms with Crippen molar-refractivity contribution in [2.75, 3.05) is 16.8 Å². The number of alkyl halides is 6. The predicted molar refractivity (Wildman–Crippen MR) is 164 cm³/mol. The number of thioether (sulfide) groups is 1. The lowest BCUT2D eigenvalue weighted by atomic mass is 9.82. The minimum Gasteiger partial charge on any atom is -0.483 e. The number of halogens is 7. The van der Waals surface area contributed by atoms with Gasteiger partial charge in [-0.3, -0.25) is 19.2 Å². The second-order valence-corrected chi connectivity index (χ2v) is 13.5. The molecular weight excluding hydrogens is 740 g/mol. The number of carbonyl (C=O) groups is 3. The number of imide groups is 1. The van der Waals surface area contributed by atoms with E-state index >= 15 is 0 Å². The Kier molecular flexibility index (Phi) is 8.50. The number of aromatic amines is 1. The number of benzene rings is 3. The van der Waals surface area contributed by atoms with Crippen molar-refractivity contribution in [2.24, 2.45) is 5.92 Å². The third kappa shape index (κ3) is 6.43. The van der Waals surface area contributed by atoms with E-state index in [4.69, 9.17) is 4.74 Å². The van der Waals surface area contributed by atoms with Crippen molar-refractivity contribution in [3.05, 3.63) is 102 Å². The average molecular weight is 759 g/mol. The van der Waals surface area contributed by atoms with Gasteiger partial charge in [0.1, 0.15) is 11.0 Å². The quantitative estimate of drug-likeness (QED) is 0.161. The number of hydrogen-bond acceptors (Lipinski definition) is 7. The van der Waals surface area contributed by atoms with E-state index < -0.39 is 69.8 Å². The van der Waals surface area contributed by atoms with Crippen LogP contribution in [-0.4, -0.2) is 34.6 Å². The highest BCUT2D eigenvalue weighted by atomic mass is 79.9. The Morgan fingerprint density at radius 2 is 1.60 bits per heavy atom. The first-order chi connectivity index (χ1) is 22.1. The molecule has 0 saturated carbocycles. The van der Waals surface area contributed by atoms with Crippen LogP contribution in [0.15, 0.2) is 81.0 Å². The molecule has 1 saturated heterocycles. The number of carbonyl (C=O) groups excluding carboxylic acids is 3. The largest absolute Gasteiger partial charge is 0.483 e. The van der Waals surface area contributed by atoms with E-state index in [1.54, 1.807) is 12.1 Å². The van der Waals surface area contributed by atoms with Crippen LogP contribution in [0, 0.1) is 5.92 Å². The number of ether oxygens (including phenoxy) is 1. The number of anilines is 2. The Balaban J connectivity index is 1.34. The first kappa shape index (κ1) is 32.8. The van der Waals surface area contributed by atoms with Crippen molar-refractivity contribution in [2.45, 2.75) is 28.5 Å². The van der Waals surface area contributed by atoms with Crippen LogP contribution in [0.5, 0.6) is 5.75 Å². The highest BCUT2D eigenvalue weighted by Crippen LogP contribution is 2.55. The van der Waals surface area contributed by atoms with Crippen LogP contribution in [0.3, 0.4) is 0 Å². The molecule has 0 aliphatic carbocycles. The maximum Gasteiger partial charge on any atom is 0.416 e. The van der Waals surface area contributed by atoms with Gasteiger partial charge < -0.3 is 15.0 Å². The average Bonchev–Trinajstić information content (AvgIpc) is 3.49. The van der Waals surface area contributed by atoms with Crippen LogP contribution >= 0.6 is 39.0 Å². The summed E-state index contributed by atoms with van der Waals surface area (Å²) in [6.45, 7) is -0.667. The van der Waals surface area contributed by atoms with Crippen LogP contribution in [0.1, 0.15) is 27.5 Å². The number of nitrogens with zero attached hydrogens (tertiary/aromatic N) is 1. The number of aromatic nitrogens is 1. The lowest BCUT2D eigenvalue weighted by Gasteiger charge is -2.31. The molecule has 6 rings (SSSR count). The fourth-order valence-electron chi connectivity index (χ4n) is 5.44. The summed E-state index contributed by atoms with van der Waals surface area (Å²) in [5.41, 5.74) is -2.12. The number of amides is 3. The van der Waals surface area contributed by atoms with Crippen LogP contribution in [0.25, 0.3) is 0 Å². The highest BCUT2D eigenvalue weighted by Gasteiger charge is 2.57. The zero-order valence-corrected chi connectivity index (χ0v) is 26.5. The van der Waals surface area contributed by atoms with E-state index in [1.807, 2.05) is 0 Å². The van der Waals surface area contributed by atoms with Crippen molar-refractivity contribution < 1.29 is 45.5 Å². The molecule has 0 spiro atoms. The summed E-state index contributed by atoms with van der Waals surface area (Å²) < 4.78 is 86.1. The zero-order chi connectivity index (χ0) is 33.8. The van der Waals surface area contributed by atoms with Crippen molar-refractivity contribution >= 4 is 68.1 Å². The van der Waals surface area contributed by atoms with Gasteiger partial charge >= 0.3 is 17.2 Å². The van der Waals surface area contributed by atoms with Gasteiger partial charge in [-0.2, -0.15) is 26.3 Å². The topological polar surface area (TPSA) is 109 Å². The van der Waals surface area contributed by atoms with E-state index in [0.717, 1.165) is 53.4 Å². The second-order valence-electron chi connectivity index (χ2n) is 10.4. The lowest BCUT2D eigenvalue weighted by Crippen LogP contribution is -2.32. The SMILES string of the molecule is O=C(COc1ccc(Br)cc1[C@@H]1c2sc(=O)[nH]c2S[C@H]2C(=O)N(c3cccc(C(F)(F)F)c3)C(=O)[C@@H]12)Nc1cccc(C(F)(F)F)c1. The van der Waals surface area contributed by atoms with Gasteiger partial charge in [0.15, 0.2) is 6.61 Å². The van der Waals surface area contributed by atoms with E-state index in [-0.39, 0.29) is 22.7 Å². The molecule has 4 aromatic rings. The molecule has 47 heavy (non-hydrogen) atoms. The molecule has 3 atom stereocenters. The molecule has 3 amide bonds. The van der Waals surface area contributed by atoms with Gasteiger partial charge in [0.05, 0.1) is 27.8 Å². The Bertz CT molecular complexity index is 1980. The van der Waals surface area contributed by atoms with Gasteiger partial charge in [-0.15, -0.1) is 0 Å². The Morgan fingerprint density at radius 3 is 2.30 bits per heavy atom. The summed E-state index contributed by atoms with van der Waals surface area (Å²) >= 11 is 5.07. The summed E-state index contributed by atoms with van der Waals surface area (Å²) in [5, 5.41) is 1.51. The molecule has 3 aromatic carbocycles. The molecule has 8 nitrogen and oxygen atoms in total. The number of hydrogen-bond donors (Lipinski definition) is 2. The highest BCUT2D eigenvalue weighted by molar-refractivity contribution is 9.10. The third-order valence-corrected chi connectivity index (χ3v) is 10.3. The summed E-state index contributed by atoms with van der Waals surface area (Å²) in [4.78, 5) is 56.1. The fraction of sp³-hybridized carbons (Fsp3) is 0.200. The maximum atomic E-state index is 14.0. The molecule has 17 heteroatoms. The van der Waals surface area contributed by atoms with Crippen molar-refractivity contribution in [3.8, 4) is 5.75 Å². The molecule has 1 fully saturated rings. The van der Waals surface area contributed by atoms with E-state index in [2.05, 4.69) is 26.2 Å². The van der Waals surface area contributed by atoms with Gasteiger partial charge in [0, 0.05) is 26.5 Å². The monoisotopic (exact) mass is 757 g/mol. The Labute approximate surface area is 277 Å². The number of rotatable bonds is 6. The van der Waals surface area contributed by atoms with Crippen molar-refractivity contribution in [1.82, 2.24) is 4.98 Å². The van der Waals surface area contributed by atoms with Gasteiger partial charge in [-0.1, -0.05) is 51.2 Å².